The lowest BCUT2D eigenvalue weighted by molar-refractivity contribution is -0.112. The van der Waals surface area contributed by atoms with Crippen LogP contribution in [0, 0.1) is 13.8 Å². The van der Waals surface area contributed by atoms with Crippen molar-refractivity contribution < 1.29 is 4.79 Å². The van der Waals surface area contributed by atoms with Crippen molar-refractivity contribution in [2.24, 2.45) is 0 Å². The fourth-order valence-corrected chi connectivity index (χ4v) is 0.963. The van der Waals surface area contributed by atoms with Crippen LogP contribution in [0.2, 0.25) is 0 Å². The van der Waals surface area contributed by atoms with Gasteiger partial charge in [0.05, 0.1) is 0 Å². The van der Waals surface area contributed by atoms with Gasteiger partial charge in [0.15, 0.2) is 5.78 Å². The molecule has 0 aromatic carbocycles. The van der Waals surface area contributed by atoms with E-state index in [1.165, 1.54) is 13.0 Å². The smallest absolute Gasteiger partial charge is 0.152 e. The van der Waals surface area contributed by atoms with Crippen molar-refractivity contribution in [3.8, 4) is 0 Å². The average Bonchev–Trinajstić information content (AvgIpc) is 2.02. The SMILES string of the molecule is CC(=O)/C=C\c1cnc(C)nc1C. The van der Waals surface area contributed by atoms with E-state index in [0.717, 1.165) is 17.1 Å². The van der Waals surface area contributed by atoms with Crippen molar-refractivity contribution in [3.63, 3.8) is 0 Å². The van der Waals surface area contributed by atoms with E-state index in [2.05, 4.69) is 9.97 Å². The highest BCUT2D eigenvalue weighted by molar-refractivity contribution is 5.91. The molecule has 68 valence electrons. The number of hydrogen-bond donors (Lipinski definition) is 0. The molecule has 3 heteroatoms. The summed E-state index contributed by atoms with van der Waals surface area (Å²) in [5.41, 5.74) is 1.78. The van der Waals surface area contributed by atoms with Crippen molar-refractivity contribution in [2.45, 2.75) is 20.8 Å². The number of carbonyl (C=O) groups excluding carboxylic acids is 1. The first-order chi connectivity index (χ1) is 6.09. The van der Waals surface area contributed by atoms with Gasteiger partial charge in [0.25, 0.3) is 0 Å². The van der Waals surface area contributed by atoms with Gasteiger partial charge in [-0.3, -0.25) is 4.79 Å². The number of carbonyl (C=O) groups is 1. The first kappa shape index (κ1) is 9.58. The van der Waals surface area contributed by atoms with Crippen molar-refractivity contribution in [1.29, 1.82) is 0 Å². The Hall–Kier alpha value is -1.51. The second-order valence-corrected chi connectivity index (χ2v) is 2.90. The molecule has 0 aliphatic rings. The summed E-state index contributed by atoms with van der Waals surface area (Å²) in [5.74, 6) is 0.775. The van der Waals surface area contributed by atoms with E-state index in [9.17, 15) is 4.79 Å². The van der Waals surface area contributed by atoms with Gasteiger partial charge in [-0.1, -0.05) is 0 Å². The third kappa shape index (κ3) is 2.78. The zero-order chi connectivity index (χ0) is 9.84. The highest BCUT2D eigenvalue weighted by Gasteiger charge is 1.96. The molecule has 0 bridgehead atoms. The lowest BCUT2D eigenvalue weighted by Gasteiger charge is -1.98. The fourth-order valence-electron chi connectivity index (χ4n) is 0.963. The number of nitrogens with zero attached hydrogens (tertiary/aromatic N) is 2. The van der Waals surface area contributed by atoms with Gasteiger partial charge in [-0.05, 0) is 32.9 Å². The van der Waals surface area contributed by atoms with Gasteiger partial charge in [0, 0.05) is 17.5 Å². The second-order valence-electron chi connectivity index (χ2n) is 2.90. The van der Waals surface area contributed by atoms with E-state index < -0.39 is 0 Å². The summed E-state index contributed by atoms with van der Waals surface area (Å²) in [5, 5.41) is 0. The Bertz CT molecular complexity index is 356. The van der Waals surface area contributed by atoms with Crippen LogP contribution in [-0.2, 0) is 4.79 Å². The van der Waals surface area contributed by atoms with Crippen LogP contribution in [0.3, 0.4) is 0 Å². The molecule has 0 saturated heterocycles. The van der Waals surface area contributed by atoms with Crippen LogP contribution in [-0.4, -0.2) is 15.8 Å². The first-order valence-corrected chi connectivity index (χ1v) is 4.08. The molecular weight excluding hydrogens is 164 g/mol. The highest BCUT2D eigenvalue weighted by Crippen LogP contribution is 2.05. The fraction of sp³-hybridized carbons (Fsp3) is 0.300. The molecule has 1 heterocycles. The molecule has 1 aromatic rings. The van der Waals surface area contributed by atoms with Gasteiger partial charge in [-0.15, -0.1) is 0 Å². The molecule has 1 rings (SSSR count). The standard InChI is InChI=1S/C10H12N2O/c1-7(13)4-5-10-6-11-9(3)12-8(10)2/h4-6H,1-3H3/b5-4-. The monoisotopic (exact) mass is 176 g/mol. The minimum Gasteiger partial charge on any atom is -0.295 e. The quantitative estimate of drug-likeness (QED) is 0.644. The lowest BCUT2D eigenvalue weighted by atomic mass is 10.2. The summed E-state index contributed by atoms with van der Waals surface area (Å²) in [4.78, 5) is 18.9. The first-order valence-electron chi connectivity index (χ1n) is 4.08. The van der Waals surface area contributed by atoms with E-state index in [-0.39, 0.29) is 5.78 Å². The molecule has 0 atom stereocenters. The predicted molar refractivity (Wildman–Crippen MR) is 51.2 cm³/mol. The number of aryl methyl sites for hydroxylation is 2. The zero-order valence-electron chi connectivity index (χ0n) is 8.03. The second kappa shape index (κ2) is 3.94. The Morgan fingerprint density at radius 1 is 1.46 bits per heavy atom. The van der Waals surface area contributed by atoms with Crippen molar-refractivity contribution >= 4 is 11.9 Å². The minimum atomic E-state index is 0.0278. The maximum absolute atomic E-state index is 10.7. The van der Waals surface area contributed by atoms with Crippen LogP contribution in [0.4, 0.5) is 0 Å². The van der Waals surface area contributed by atoms with Crippen LogP contribution in [0.25, 0.3) is 6.08 Å². The number of rotatable bonds is 2. The van der Waals surface area contributed by atoms with Crippen LogP contribution in [0.15, 0.2) is 12.3 Å². The third-order valence-corrected chi connectivity index (χ3v) is 1.64. The summed E-state index contributed by atoms with van der Waals surface area (Å²) in [6.07, 6.45) is 4.97. The van der Waals surface area contributed by atoms with Gasteiger partial charge < -0.3 is 0 Å². The molecular formula is C10H12N2O. The number of allylic oxidation sites excluding steroid dienone is 1. The number of hydrogen-bond acceptors (Lipinski definition) is 3. The highest BCUT2D eigenvalue weighted by atomic mass is 16.1. The van der Waals surface area contributed by atoms with Crippen LogP contribution >= 0.6 is 0 Å². The molecule has 0 amide bonds. The van der Waals surface area contributed by atoms with Gasteiger partial charge in [-0.2, -0.15) is 0 Å². The molecule has 0 aliphatic heterocycles. The molecule has 0 aliphatic carbocycles. The van der Waals surface area contributed by atoms with Gasteiger partial charge >= 0.3 is 0 Å². The van der Waals surface area contributed by atoms with E-state index in [0.29, 0.717) is 0 Å². The topological polar surface area (TPSA) is 42.9 Å². The summed E-state index contributed by atoms with van der Waals surface area (Å²) < 4.78 is 0. The van der Waals surface area contributed by atoms with Gasteiger partial charge in [0.2, 0.25) is 0 Å². The van der Waals surface area contributed by atoms with Crippen molar-refractivity contribution in [2.75, 3.05) is 0 Å². The Balaban J connectivity index is 2.96. The number of ketones is 1. The molecule has 0 N–H and O–H groups in total. The largest absolute Gasteiger partial charge is 0.295 e. The molecule has 3 nitrogen and oxygen atoms in total. The molecule has 13 heavy (non-hydrogen) atoms. The summed E-state index contributed by atoms with van der Waals surface area (Å²) >= 11 is 0. The van der Waals surface area contributed by atoms with E-state index in [4.69, 9.17) is 0 Å². The zero-order valence-corrected chi connectivity index (χ0v) is 8.03. The van der Waals surface area contributed by atoms with Crippen LogP contribution in [0.5, 0.6) is 0 Å². The van der Waals surface area contributed by atoms with E-state index in [1.54, 1.807) is 12.3 Å². The molecule has 0 unspecified atom stereocenters. The predicted octanol–water partition coefficient (Wildman–Crippen LogP) is 1.70. The summed E-state index contributed by atoms with van der Waals surface area (Å²) in [6.45, 7) is 5.25. The minimum absolute atomic E-state index is 0.0278. The molecule has 0 radical (unpaired) electrons. The molecule has 0 saturated carbocycles. The Labute approximate surface area is 77.5 Å². The normalized spacial score (nSPS) is 10.7. The van der Waals surface area contributed by atoms with E-state index >= 15 is 0 Å². The lowest BCUT2D eigenvalue weighted by Crippen LogP contribution is -1.93. The van der Waals surface area contributed by atoms with Crippen LogP contribution < -0.4 is 0 Å². The maximum atomic E-state index is 10.7. The van der Waals surface area contributed by atoms with Gasteiger partial charge in [0.1, 0.15) is 5.82 Å². The number of aromatic nitrogens is 2. The van der Waals surface area contributed by atoms with Crippen molar-refractivity contribution in [1.82, 2.24) is 9.97 Å². The van der Waals surface area contributed by atoms with Crippen molar-refractivity contribution in [3.05, 3.63) is 29.4 Å². The average molecular weight is 176 g/mol. The van der Waals surface area contributed by atoms with Crippen LogP contribution in [0.1, 0.15) is 24.0 Å². The maximum Gasteiger partial charge on any atom is 0.152 e. The Morgan fingerprint density at radius 3 is 2.69 bits per heavy atom. The van der Waals surface area contributed by atoms with E-state index in [1.807, 2.05) is 13.8 Å². The summed E-state index contributed by atoms with van der Waals surface area (Å²) in [6, 6.07) is 0. The molecule has 0 spiro atoms. The molecule has 1 aromatic heterocycles. The summed E-state index contributed by atoms with van der Waals surface area (Å²) in [7, 11) is 0. The third-order valence-electron chi connectivity index (χ3n) is 1.64. The Morgan fingerprint density at radius 2 is 2.15 bits per heavy atom. The van der Waals surface area contributed by atoms with Gasteiger partial charge in [-0.25, -0.2) is 9.97 Å². The molecule has 0 fully saturated rings. The Kier molecular flexibility index (Phi) is 2.90.